The van der Waals surface area contributed by atoms with Crippen LogP contribution in [0, 0.1) is 35.5 Å². The van der Waals surface area contributed by atoms with Gasteiger partial charge in [-0.1, -0.05) is 19.1 Å². The molecule has 168 valence electrons. The summed E-state index contributed by atoms with van der Waals surface area (Å²) in [5.41, 5.74) is 0. The lowest BCUT2D eigenvalue weighted by atomic mass is 9.65. The Hall–Kier alpha value is -0.370. The highest BCUT2D eigenvalue weighted by molar-refractivity contribution is 4.93. The first-order valence-corrected chi connectivity index (χ1v) is 13.0. The maximum absolute atomic E-state index is 13.3. The second-order valence-electron chi connectivity index (χ2n) is 10.6. The monoisotopic (exact) mass is 406 g/mol. The van der Waals surface area contributed by atoms with Crippen molar-refractivity contribution >= 4 is 0 Å². The number of hydrogen-bond acceptors (Lipinski definition) is 1. The molecule has 0 amide bonds. The standard InChI is InChI=1S/C27H47FO/c1-3-27(28)7-5-4-6-21-8-12-23(13-9-21)25-16-18-26(19-17-25)24-14-10-22(11-15-24)20-29-2/h4,6,21-27H,3,5,7-20H2,1-2H3/t21-,22-,23-,24-,25-,26-,27?. The molecule has 0 spiro atoms. The van der Waals surface area contributed by atoms with E-state index in [1.54, 1.807) is 0 Å². The Kier molecular flexibility index (Phi) is 10.0. The van der Waals surface area contributed by atoms with Gasteiger partial charge in [-0.15, -0.1) is 0 Å². The van der Waals surface area contributed by atoms with Crippen LogP contribution in [0.1, 0.15) is 103 Å². The van der Waals surface area contributed by atoms with Crippen molar-refractivity contribution in [2.75, 3.05) is 13.7 Å². The predicted octanol–water partition coefficient (Wildman–Crippen LogP) is 8.14. The summed E-state index contributed by atoms with van der Waals surface area (Å²) in [6.45, 7) is 2.92. The third-order valence-corrected chi connectivity index (χ3v) is 8.76. The summed E-state index contributed by atoms with van der Waals surface area (Å²) in [4.78, 5) is 0. The fourth-order valence-electron chi connectivity index (χ4n) is 6.73. The van der Waals surface area contributed by atoms with Gasteiger partial charge < -0.3 is 4.74 Å². The number of alkyl halides is 1. The summed E-state index contributed by atoms with van der Waals surface area (Å²) in [6.07, 6.45) is 23.7. The van der Waals surface area contributed by atoms with Gasteiger partial charge in [-0.2, -0.15) is 0 Å². The molecular formula is C27H47FO. The summed E-state index contributed by atoms with van der Waals surface area (Å²) >= 11 is 0. The molecule has 3 saturated carbocycles. The summed E-state index contributed by atoms with van der Waals surface area (Å²) < 4.78 is 18.7. The van der Waals surface area contributed by atoms with Gasteiger partial charge in [-0.05, 0) is 132 Å². The maximum Gasteiger partial charge on any atom is 0.100 e. The van der Waals surface area contributed by atoms with E-state index in [1.165, 1.54) is 77.0 Å². The van der Waals surface area contributed by atoms with Gasteiger partial charge in [0.05, 0.1) is 0 Å². The minimum Gasteiger partial charge on any atom is -0.384 e. The zero-order chi connectivity index (χ0) is 20.5. The predicted molar refractivity (Wildman–Crippen MR) is 122 cm³/mol. The van der Waals surface area contributed by atoms with Crippen molar-refractivity contribution in [1.29, 1.82) is 0 Å². The van der Waals surface area contributed by atoms with Gasteiger partial charge >= 0.3 is 0 Å². The average molecular weight is 407 g/mol. The molecule has 0 heterocycles. The Labute approximate surface area is 180 Å². The van der Waals surface area contributed by atoms with E-state index in [2.05, 4.69) is 12.2 Å². The SMILES string of the molecule is CCC(F)CCC=C[C@H]1CC[C@H]([C@H]2CC[C@H]([C@H]3CC[C@H](COC)CC3)CC2)CC1. The lowest BCUT2D eigenvalue weighted by molar-refractivity contribution is 0.0820. The van der Waals surface area contributed by atoms with E-state index in [4.69, 9.17) is 4.74 Å². The first kappa shape index (κ1) is 23.3. The molecule has 0 aromatic rings. The van der Waals surface area contributed by atoms with E-state index in [1.807, 2.05) is 14.0 Å². The zero-order valence-electron chi connectivity index (χ0n) is 19.3. The average Bonchev–Trinajstić information content (AvgIpc) is 2.78. The molecule has 0 N–H and O–H groups in total. The van der Waals surface area contributed by atoms with Gasteiger partial charge in [-0.25, -0.2) is 4.39 Å². The Balaban J connectivity index is 1.30. The molecule has 0 aliphatic heterocycles. The molecule has 3 aliphatic rings. The summed E-state index contributed by atoms with van der Waals surface area (Å²) in [7, 11) is 1.85. The molecular weight excluding hydrogens is 359 g/mol. The molecule has 1 atom stereocenters. The summed E-state index contributed by atoms with van der Waals surface area (Å²) in [5, 5.41) is 0. The molecule has 0 aromatic heterocycles. The fraction of sp³-hybridized carbons (Fsp3) is 0.926. The molecule has 1 unspecified atom stereocenters. The van der Waals surface area contributed by atoms with Crippen LogP contribution in [0.4, 0.5) is 4.39 Å². The van der Waals surface area contributed by atoms with Crippen molar-refractivity contribution in [2.24, 2.45) is 35.5 Å². The third kappa shape index (κ3) is 7.37. The number of methoxy groups -OCH3 is 1. The Morgan fingerprint density at radius 2 is 1.28 bits per heavy atom. The topological polar surface area (TPSA) is 9.23 Å². The quantitative estimate of drug-likeness (QED) is 0.351. The van der Waals surface area contributed by atoms with Crippen molar-refractivity contribution in [3.05, 3.63) is 12.2 Å². The smallest absolute Gasteiger partial charge is 0.100 e. The molecule has 1 nitrogen and oxygen atoms in total. The molecule has 2 heteroatoms. The van der Waals surface area contributed by atoms with Crippen LogP contribution >= 0.6 is 0 Å². The van der Waals surface area contributed by atoms with Gasteiger partial charge in [0.25, 0.3) is 0 Å². The number of hydrogen-bond donors (Lipinski definition) is 0. The highest BCUT2D eigenvalue weighted by Crippen LogP contribution is 2.46. The number of rotatable bonds is 9. The van der Waals surface area contributed by atoms with Crippen LogP contribution in [0.25, 0.3) is 0 Å². The van der Waals surface area contributed by atoms with E-state index < -0.39 is 6.17 Å². The van der Waals surface area contributed by atoms with Crippen LogP contribution in [-0.4, -0.2) is 19.9 Å². The summed E-state index contributed by atoms with van der Waals surface area (Å²) in [5.74, 6) is 5.65. The normalized spacial score (nSPS) is 37.6. The highest BCUT2D eigenvalue weighted by Gasteiger charge is 2.34. The lowest BCUT2D eigenvalue weighted by Crippen LogP contribution is -2.30. The Morgan fingerprint density at radius 1 is 0.793 bits per heavy atom. The highest BCUT2D eigenvalue weighted by atomic mass is 19.1. The van der Waals surface area contributed by atoms with Crippen molar-refractivity contribution in [2.45, 2.75) is 109 Å². The summed E-state index contributed by atoms with van der Waals surface area (Å²) in [6, 6.07) is 0. The number of halogens is 1. The van der Waals surface area contributed by atoms with Gasteiger partial charge in [0, 0.05) is 13.7 Å². The molecule has 3 rings (SSSR count). The number of ether oxygens (including phenoxy) is 1. The first-order chi connectivity index (χ1) is 14.2. The maximum atomic E-state index is 13.3. The van der Waals surface area contributed by atoms with E-state index in [9.17, 15) is 4.39 Å². The molecule has 0 radical (unpaired) electrons. The fourth-order valence-corrected chi connectivity index (χ4v) is 6.73. The van der Waals surface area contributed by atoms with Crippen LogP contribution < -0.4 is 0 Å². The van der Waals surface area contributed by atoms with Gasteiger partial charge in [-0.3, -0.25) is 0 Å². The van der Waals surface area contributed by atoms with Crippen molar-refractivity contribution in [1.82, 2.24) is 0 Å². The van der Waals surface area contributed by atoms with Gasteiger partial charge in [0.2, 0.25) is 0 Å². The van der Waals surface area contributed by atoms with Crippen LogP contribution in [0.2, 0.25) is 0 Å². The second kappa shape index (κ2) is 12.5. The largest absolute Gasteiger partial charge is 0.384 e. The van der Waals surface area contributed by atoms with Crippen LogP contribution in [-0.2, 0) is 4.74 Å². The van der Waals surface area contributed by atoms with Gasteiger partial charge in [0.15, 0.2) is 0 Å². The molecule has 3 aliphatic carbocycles. The number of allylic oxidation sites excluding steroid dienone is 2. The molecule has 0 bridgehead atoms. The van der Waals surface area contributed by atoms with Crippen LogP contribution in [0.5, 0.6) is 0 Å². The molecule has 29 heavy (non-hydrogen) atoms. The lowest BCUT2D eigenvalue weighted by Gasteiger charge is -2.41. The van der Waals surface area contributed by atoms with E-state index >= 15 is 0 Å². The van der Waals surface area contributed by atoms with Crippen LogP contribution in [0.3, 0.4) is 0 Å². The minimum absolute atomic E-state index is 0.606. The van der Waals surface area contributed by atoms with Crippen molar-refractivity contribution in [3.8, 4) is 0 Å². The van der Waals surface area contributed by atoms with Crippen molar-refractivity contribution < 1.29 is 9.13 Å². The first-order valence-electron chi connectivity index (χ1n) is 13.0. The van der Waals surface area contributed by atoms with Gasteiger partial charge in [0.1, 0.15) is 6.17 Å². The zero-order valence-corrected chi connectivity index (χ0v) is 19.3. The second-order valence-corrected chi connectivity index (χ2v) is 10.6. The molecule has 0 aromatic carbocycles. The Bertz CT molecular complexity index is 451. The third-order valence-electron chi connectivity index (χ3n) is 8.76. The van der Waals surface area contributed by atoms with Crippen LogP contribution in [0.15, 0.2) is 12.2 Å². The van der Waals surface area contributed by atoms with E-state index in [0.717, 1.165) is 48.5 Å². The van der Waals surface area contributed by atoms with E-state index in [-0.39, 0.29) is 0 Å². The molecule has 0 saturated heterocycles. The molecule has 3 fully saturated rings. The van der Waals surface area contributed by atoms with E-state index in [0.29, 0.717) is 12.8 Å². The van der Waals surface area contributed by atoms with Crippen molar-refractivity contribution in [3.63, 3.8) is 0 Å². The Morgan fingerprint density at radius 3 is 1.76 bits per heavy atom. The minimum atomic E-state index is -0.606.